The molecule has 1 aliphatic rings. The Kier molecular flexibility index (Phi) is 5.43. The molecule has 152 valence electrons. The summed E-state index contributed by atoms with van der Waals surface area (Å²) in [7, 11) is 0. The third-order valence-electron chi connectivity index (χ3n) is 6.12. The van der Waals surface area contributed by atoms with E-state index in [4.69, 9.17) is 0 Å². The van der Waals surface area contributed by atoms with Gasteiger partial charge in [-0.1, -0.05) is 32.0 Å². The number of rotatable bonds is 6. The predicted octanol–water partition coefficient (Wildman–Crippen LogP) is 3.15. The second-order valence-electron chi connectivity index (χ2n) is 7.89. The Bertz CT molecular complexity index is 1070. The van der Waals surface area contributed by atoms with Crippen LogP contribution in [0.15, 0.2) is 41.2 Å². The van der Waals surface area contributed by atoms with Crippen LogP contribution in [-0.4, -0.2) is 27.8 Å². The molecule has 1 aliphatic carbocycles. The van der Waals surface area contributed by atoms with Crippen LogP contribution in [0.5, 0.6) is 5.75 Å². The SMILES string of the molecule is CCc1cc2c(cc1CC)CC(N[C@@H](CO)c1ccc(O)c3[nH]c(=O)ccc13)C2. The third-order valence-corrected chi connectivity index (χ3v) is 6.12. The average Bonchev–Trinajstić information content (AvgIpc) is 3.13. The van der Waals surface area contributed by atoms with Gasteiger partial charge in [-0.05, 0) is 65.6 Å². The number of aryl methyl sites for hydroxylation is 2. The molecule has 0 saturated carbocycles. The lowest BCUT2D eigenvalue weighted by molar-refractivity contribution is 0.234. The molecule has 2 aromatic carbocycles. The van der Waals surface area contributed by atoms with Gasteiger partial charge in [0, 0.05) is 17.5 Å². The fraction of sp³-hybridized carbons (Fsp3) is 0.375. The van der Waals surface area contributed by atoms with Gasteiger partial charge in [-0.3, -0.25) is 4.79 Å². The van der Waals surface area contributed by atoms with E-state index in [0.29, 0.717) is 5.52 Å². The molecule has 0 radical (unpaired) electrons. The normalized spacial score (nSPS) is 15.0. The summed E-state index contributed by atoms with van der Waals surface area (Å²) in [6.07, 6.45) is 3.97. The molecule has 1 aromatic heterocycles. The van der Waals surface area contributed by atoms with E-state index in [1.807, 2.05) is 6.07 Å². The van der Waals surface area contributed by atoms with Crippen LogP contribution < -0.4 is 10.9 Å². The number of fused-ring (bicyclic) bond motifs is 2. The standard InChI is InChI=1S/C24H28N2O3/c1-3-14-9-16-11-18(12-17(16)10-15(14)4-2)25-21(13-27)19-5-7-22(28)24-20(19)6-8-23(29)26-24/h5-10,18,21,25,27-28H,3-4,11-13H2,1-2H3,(H,26,29)/t21-/m0/s1. The molecule has 0 aliphatic heterocycles. The van der Waals surface area contributed by atoms with Gasteiger partial charge in [0.25, 0.3) is 0 Å². The van der Waals surface area contributed by atoms with Crippen molar-refractivity contribution in [2.45, 2.75) is 51.6 Å². The van der Waals surface area contributed by atoms with Crippen molar-refractivity contribution in [3.63, 3.8) is 0 Å². The fourth-order valence-electron chi connectivity index (χ4n) is 4.64. The van der Waals surface area contributed by atoms with Gasteiger partial charge in [-0.2, -0.15) is 0 Å². The van der Waals surface area contributed by atoms with Crippen molar-refractivity contribution in [2.24, 2.45) is 0 Å². The van der Waals surface area contributed by atoms with E-state index < -0.39 is 0 Å². The summed E-state index contributed by atoms with van der Waals surface area (Å²) in [5, 5.41) is 24.6. The molecule has 3 aromatic rings. The van der Waals surface area contributed by atoms with Crippen molar-refractivity contribution < 1.29 is 10.2 Å². The van der Waals surface area contributed by atoms with E-state index in [-0.39, 0.29) is 30.0 Å². The summed E-state index contributed by atoms with van der Waals surface area (Å²) in [6, 6.07) is 11.2. The first-order valence-electron chi connectivity index (χ1n) is 10.4. The molecule has 4 N–H and O–H groups in total. The van der Waals surface area contributed by atoms with Crippen molar-refractivity contribution in [1.82, 2.24) is 10.3 Å². The van der Waals surface area contributed by atoms with Crippen LogP contribution in [0, 0.1) is 0 Å². The second-order valence-corrected chi connectivity index (χ2v) is 7.89. The molecule has 5 nitrogen and oxygen atoms in total. The van der Waals surface area contributed by atoms with Crippen LogP contribution in [-0.2, 0) is 25.7 Å². The lowest BCUT2D eigenvalue weighted by atomic mass is 9.97. The molecule has 0 bridgehead atoms. The van der Waals surface area contributed by atoms with E-state index in [0.717, 1.165) is 36.6 Å². The number of aliphatic hydroxyl groups is 1. The van der Waals surface area contributed by atoms with Gasteiger partial charge in [0.2, 0.25) is 5.56 Å². The maximum absolute atomic E-state index is 11.7. The molecule has 1 atom stereocenters. The largest absolute Gasteiger partial charge is 0.506 e. The van der Waals surface area contributed by atoms with Gasteiger partial charge in [-0.25, -0.2) is 0 Å². The summed E-state index contributed by atoms with van der Waals surface area (Å²) >= 11 is 0. The van der Waals surface area contributed by atoms with E-state index in [2.05, 4.69) is 36.3 Å². The molecule has 4 rings (SSSR count). The number of phenols is 1. The lowest BCUT2D eigenvalue weighted by Gasteiger charge is -2.23. The molecule has 0 spiro atoms. The maximum atomic E-state index is 11.7. The quantitative estimate of drug-likeness (QED) is 0.519. The van der Waals surface area contributed by atoms with Gasteiger partial charge in [0.1, 0.15) is 5.75 Å². The molecule has 0 unspecified atom stereocenters. The number of benzene rings is 2. The minimum atomic E-state index is -0.278. The Morgan fingerprint density at radius 3 is 2.31 bits per heavy atom. The van der Waals surface area contributed by atoms with Gasteiger partial charge in [-0.15, -0.1) is 0 Å². The van der Waals surface area contributed by atoms with Crippen LogP contribution in [0.1, 0.15) is 47.7 Å². The van der Waals surface area contributed by atoms with E-state index in [1.165, 1.54) is 28.3 Å². The van der Waals surface area contributed by atoms with Gasteiger partial charge < -0.3 is 20.5 Å². The van der Waals surface area contributed by atoms with Crippen molar-refractivity contribution >= 4 is 10.9 Å². The molecule has 5 heteroatoms. The van der Waals surface area contributed by atoms with Gasteiger partial charge >= 0.3 is 0 Å². The predicted molar refractivity (Wildman–Crippen MR) is 116 cm³/mol. The zero-order valence-electron chi connectivity index (χ0n) is 17.0. The first-order valence-corrected chi connectivity index (χ1v) is 10.4. The highest BCUT2D eigenvalue weighted by Gasteiger charge is 2.26. The monoisotopic (exact) mass is 392 g/mol. The highest BCUT2D eigenvalue weighted by Crippen LogP contribution is 2.31. The van der Waals surface area contributed by atoms with Crippen LogP contribution in [0.4, 0.5) is 0 Å². The van der Waals surface area contributed by atoms with Crippen molar-refractivity contribution in [1.29, 1.82) is 0 Å². The number of H-pyrrole nitrogens is 1. The number of aliphatic hydroxyl groups excluding tert-OH is 1. The maximum Gasteiger partial charge on any atom is 0.248 e. The van der Waals surface area contributed by atoms with Crippen LogP contribution in [0.25, 0.3) is 10.9 Å². The summed E-state index contributed by atoms with van der Waals surface area (Å²) in [4.78, 5) is 14.4. The van der Waals surface area contributed by atoms with Crippen LogP contribution in [0.3, 0.4) is 0 Å². The number of hydrogen-bond donors (Lipinski definition) is 4. The Morgan fingerprint density at radius 1 is 1.07 bits per heavy atom. The third kappa shape index (κ3) is 3.68. The summed E-state index contributed by atoms with van der Waals surface area (Å²) in [5.41, 5.74) is 6.67. The van der Waals surface area contributed by atoms with Crippen molar-refractivity contribution in [2.75, 3.05) is 6.61 Å². The zero-order chi connectivity index (χ0) is 20.5. The summed E-state index contributed by atoms with van der Waals surface area (Å²) < 4.78 is 0. The smallest absolute Gasteiger partial charge is 0.248 e. The number of nitrogens with one attached hydrogen (secondary N) is 2. The molecule has 0 amide bonds. The molecule has 1 heterocycles. The highest BCUT2D eigenvalue weighted by atomic mass is 16.3. The van der Waals surface area contributed by atoms with E-state index in [1.54, 1.807) is 12.1 Å². The van der Waals surface area contributed by atoms with Gasteiger partial charge in [0.15, 0.2) is 0 Å². The summed E-state index contributed by atoms with van der Waals surface area (Å²) in [6.45, 7) is 4.34. The van der Waals surface area contributed by atoms with Crippen LogP contribution in [0.2, 0.25) is 0 Å². The Balaban J connectivity index is 1.61. The van der Waals surface area contributed by atoms with Crippen molar-refractivity contribution in [3.8, 4) is 5.75 Å². The van der Waals surface area contributed by atoms with E-state index >= 15 is 0 Å². The molecule has 0 fully saturated rings. The molecular formula is C24H28N2O3. The van der Waals surface area contributed by atoms with Gasteiger partial charge in [0.05, 0.1) is 18.2 Å². The zero-order valence-corrected chi connectivity index (χ0v) is 17.0. The first kappa shape index (κ1) is 19.7. The average molecular weight is 392 g/mol. The Labute approximate surface area is 170 Å². The minimum Gasteiger partial charge on any atom is -0.506 e. The molecule has 0 saturated heterocycles. The first-order chi connectivity index (χ1) is 14.0. The minimum absolute atomic E-state index is 0.0330. The summed E-state index contributed by atoms with van der Waals surface area (Å²) in [5.74, 6) is 0.0330. The number of aromatic amines is 1. The number of aromatic nitrogens is 1. The number of phenolic OH excluding ortho intramolecular Hbond substituents is 1. The van der Waals surface area contributed by atoms with Crippen LogP contribution >= 0.6 is 0 Å². The number of pyridine rings is 1. The molecule has 29 heavy (non-hydrogen) atoms. The molecular weight excluding hydrogens is 364 g/mol. The lowest BCUT2D eigenvalue weighted by Crippen LogP contribution is -2.35. The number of aromatic hydroxyl groups is 1. The Morgan fingerprint density at radius 2 is 1.72 bits per heavy atom. The van der Waals surface area contributed by atoms with E-state index in [9.17, 15) is 15.0 Å². The Hall–Kier alpha value is -2.63. The number of hydrogen-bond acceptors (Lipinski definition) is 4. The highest BCUT2D eigenvalue weighted by molar-refractivity contribution is 5.87. The van der Waals surface area contributed by atoms with Crippen molar-refractivity contribution in [3.05, 3.63) is 74.6 Å². The topological polar surface area (TPSA) is 85.3 Å². The second kappa shape index (κ2) is 8.01. The fourth-order valence-corrected chi connectivity index (χ4v) is 4.64.